The summed E-state index contributed by atoms with van der Waals surface area (Å²) in [5, 5.41) is 4.45. The molecule has 1 N–H and O–H groups in total. The van der Waals surface area contributed by atoms with E-state index in [-0.39, 0.29) is 15.9 Å². The Labute approximate surface area is 180 Å². The van der Waals surface area contributed by atoms with Crippen LogP contribution in [0, 0.1) is 5.82 Å². The number of sulfonamides is 1. The summed E-state index contributed by atoms with van der Waals surface area (Å²) in [7, 11) is -4.07. The Bertz CT molecular complexity index is 1070. The van der Waals surface area contributed by atoms with Gasteiger partial charge in [-0.3, -0.25) is 9.10 Å². The molecule has 0 aliphatic heterocycles. The molecule has 0 saturated carbocycles. The average molecular weight is 447 g/mol. The van der Waals surface area contributed by atoms with Crippen molar-refractivity contribution in [3.05, 3.63) is 83.5 Å². The molecule has 8 heteroatoms. The van der Waals surface area contributed by atoms with Crippen LogP contribution in [0.15, 0.2) is 76.3 Å². The van der Waals surface area contributed by atoms with Crippen molar-refractivity contribution < 1.29 is 17.6 Å². The van der Waals surface area contributed by atoms with Gasteiger partial charge in [-0.1, -0.05) is 48.5 Å². The second-order valence-electron chi connectivity index (χ2n) is 6.89. The van der Waals surface area contributed by atoms with Crippen LogP contribution in [0.25, 0.3) is 0 Å². The molecule has 1 aromatic heterocycles. The number of para-hydroxylation sites is 1. The molecule has 158 valence electrons. The minimum absolute atomic E-state index is 0.0516. The highest BCUT2D eigenvalue weighted by atomic mass is 32.2. The minimum Gasteiger partial charge on any atom is -0.352 e. The number of aryl methyl sites for hydroxylation is 1. The maximum atomic E-state index is 14.4. The summed E-state index contributed by atoms with van der Waals surface area (Å²) in [6.45, 7) is 1.36. The maximum absolute atomic E-state index is 14.4. The summed E-state index contributed by atoms with van der Waals surface area (Å²) in [5.74, 6) is -1.19. The van der Waals surface area contributed by atoms with E-state index in [0.717, 1.165) is 27.6 Å². The lowest BCUT2D eigenvalue weighted by Crippen LogP contribution is -2.43. The van der Waals surface area contributed by atoms with Crippen molar-refractivity contribution in [2.75, 3.05) is 10.8 Å². The van der Waals surface area contributed by atoms with Crippen molar-refractivity contribution in [1.82, 2.24) is 5.32 Å². The van der Waals surface area contributed by atoms with E-state index < -0.39 is 28.3 Å². The fraction of sp³-hybridized carbons (Fsp3) is 0.227. The summed E-state index contributed by atoms with van der Waals surface area (Å²) < 4.78 is 41.4. The number of amides is 1. The summed E-state index contributed by atoms with van der Waals surface area (Å²) in [6.07, 6.45) is 1.49. The van der Waals surface area contributed by atoms with E-state index >= 15 is 0 Å². The van der Waals surface area contributed by atoms with E-state index in [1.807, 2.05) is 37.3 Å². The number of hydrogen-bond acceptors (Lipinski definition) is 4. The molecule has 1 heterocycles. The van der Waals surface area contributed by atoms with Crippen LogP contribution < -0.4 is 9.62 Å². The third-order valence-electron chi connectivity index (χ3n) is 4.56. The van der Waals surface area contributed by atoms with Gasteiger partial charge in [-0.05, 0) is 48.9 Å². The van der Waals surface area contributed by atoms with E-state index in [0.29, 0.717) is 6.42 Å². The number of thiophene rings is 1. The molecule has 1 unspecified atom stereocenters. The second kappa shape index (κ2) is 9.86. The number of rotatable bonds is 9. The number of nitrogens with one attached hydrogen (secondary N) is 1. The predicted molar refractivity (Wildman–Crippen MR) is 118 cm³/mol. The topological polar surface area (TPSA) is 66.5 Å². The Morgan fingerprint density at radius 2 is 1.77 bits per heavy atom. The van der Waals surface area contributed by atoms with Gasteiger partial charge in [-0.15, -0.1) is 11.3 Å². The van der Waals surface area contributed by atoms with Crippen molar-refractivity contribution >= 4 is 33.0 Å². The van der Waals surface area contributed by atoms with Gasteiger partial charge in [0.2, 0.25) is 5.91 Å². The van der Waals surface area contributed by atoms with E-state index in [4.69, 9.17) is 0 Å². The first-order valence-electron chi connectivity index (χ1n) is 9.52. The van der Waals surface area contributed by atoms with Crippen LogP contribution in [-0.2, 0) is 21.2 Å². The summed E-state index contributed by atoms with van der Waals surface area (Å²) in [6, 6.07) is 18.3. The molecule has 3 rings (SSSR count). The Morgan fingerprint density at radius 1 is 1.07 bits per heavy atom. The standard InChI is InChI=1S/C22H23FN2O3S2/c1-17(13-14-18-8-3-2-4-9-18)24-21(26)16-25(20-11-6-5-10-19(20)23)30(27,28)22-12-7-15-29-22/h2-12,15,17H,13-14,16H2,1H3,(H,24,26). The predicted octanol–water partition coefficient (Wildman–Crippen LogP) is 4.22. The zero-order valence-corrected chi connectivity index (χ0v) is 18.1. The van der Waals surface area contributed by atoms with Gasteiger partial charge in [-0.2, -0.15) is 0 Å². The molecule has 30 heavy (non-hydrogen) atoms. The van der Waals surface area contributed by atoms with Gasteiger partial charge in [0.15, 0.2) is 0 Å². The van der Waals surface area contributed by atoms with Crippen molar-refractivity contribution in [3.63, 3.8) is 0 Å². The van der Waals surface area contributed by atoms with Gasteiger partial charge in [0, 0.05) is 6.04 Å². The molecule has 0 fully saturated rings. The van der Waals surface area contributed by atoms with Crippen molar-refractivity contribution in [2.24, 2.45) is 0 Å². The van der Waals surface area contributed by atoms with E-state index in [9.17, 15) is 17.6 Å². The van der Waals surface area contributed by atoms with Gasteiger partial charge in [0.1, 0.15) is 16.6 Å². The largest absolute Gasteiger partial charge is 0.352 e. The molecule has 1 atom stereocenters. The van der Waals surface area contributed by atoms with Gasteiger partial charge in [0.05, 0.1) is 5.69 Å². The fourth-order valence-corrected chi connectivity index (χ4v) is 5.56. The first-order valence-corrected chi connectivity index (χ1v) is 11.8. The summed E-state index contributed by atoms with van der Waals surface area (Å²) in [5.41, 5.74) is 1.00. The molecule has 0 radical (unpaired) electrons. The average Bonchev–Trinajstić information content (AvgIpc) is 3.28. The second-order valence-corrected chi connectivity index (χ2v) is 9.92. The van der Waals surface area contributed by atoms with Crippen LogP contribution in [0.2, 0.25) is 0 Å². The molecule has 0 aliphatic rings. The zero-order chi connectivity index (χ0) is 21.6. The lowest BCUT2D eigenvalue weighted by Gasteiger charge is -2.24. The quantitative estimate of drug-likeness (QED) is 0.535. The van der Waals surface area contributed by atoms with Crippen LogP contribution in [0.4, 0.5) is 10.1 Å². The summed E-state index contributed by atoms with van der Waals surface area (Å²) >= 11 is 1.02. The van der Waals surface area contributed by atoms with Crippen molar-refractivity contribution in [1.29, 1.82) is 0 Å². The molecular formula is C22H23FN2O3S2. The Hall–Kier alpha value is -2.71. The smallest absolute Gasteiger partial charge is 0.274 e. The van der Waals surface area contributed by atoms with E-state index in [2.05, 4.69) is 5.32 Å². The van der Waals surface area contributed by atoms with Crippen LogP contribution >= 0.6 is 11.3 Å². The number of hydrogen-bond donors (Lipinski definition) is 1. The molecule has 0 bridgehead atoms. The number of carbonyl (C=O) groups is 1. The number of nitrogens with zero attached hydrogens (tertiary/aromatic N) is 1. The lowest BCUT2D eigenvalue weighted by molar-refractivity contribution is -0.120. The molecular weight excluding hydrogens is 423 g/mol. The van der Waals surface area contributed by atoms with Gasteiger partial charge in [-0.25, -0.2) is 12.8 Å². The number of benzene rings is 2. The fourth-order valence-electron chi connectivity index (χ4n) is 3.02. The van der Waals surface area contributed by atoms with Crippen LogP contribution in [-0.4, -0.2) is 26.9 Å². The van der Waals surface area contributed by atoms with Crippen LogP contribution in [0.3, 0.4) is 0 Å². The van der Waals surface area contributed by atoms with Gasteiger partial charge < -0.3 is 5.32 Å². The third kappa shape index (κ3) is 5.46. The Morgan fingerprint density at radius 3 is 2.43 bits per heavy atom. The van der Waals surface area contributed by atoms with Gasteiger partial charge >= 0.3 is 0 Å². The monoisotopic (exact) mass is 446 g/mol. The van der Waals surface area contributed by atoms with Crippen molar-refractivity contribution in [3.8, 4) is 0 Å². The zero-order valence-electron chi connectivity index (χ0n) is 16.5. The maximum Gasteiger partial charge on any atom is 0.274 e. The highest BCUT2D eigenvalue weighted by Crippen LogP contribution is 2.28. The molecule has 0 aliphatic carbocycles. The van der Waals surface area contributed by atoms with Crippen LogP contribution in [0.1, 0.15) is 18.9 Å². The molecule has 0 saturated heterocycles. The lowest BCUT2D eigenvalue weighted by atomic mass is 10.1. The number of halogens is 1. The molecule has 0 spiro atoms. The third-order valence-corrected chi connectivity index (χ3v) is 7.70. The van der Waals surface area contributed by atoms with E-state index in [1.54, 1.807) is 11.4 Å². The number of carbonyl (C=O) groups excluding carboxylic acids is 1. The van der Waals surface area contributed by atoms with Crippen molar-refractivity contribution in [2.45, 2.75) is 30.0 Å². The first kappa shape index (κ1) is 22.0. The highest BCUT2D eigenvalue weighted by Gasteiger charge is 2.30. The normalized spacial score (nSPS) is 12.3. The van der Waals surface area contributed by atoms with Crippen LogP contribution in [0.5, 0.6) is 0 Å². The molecule has 2 aromatic carbocycles. The number of anilines is 1. The summed E-state index contributed by atoms with van der Waals surface area (Å²) in [4.78, 5) is 12.6. The first-order chi connectivity index (χ1) is 14.4. The molecule has 3 aromatic rings. The highest BCUT2D eigenvalue weighted by molar-refractivity contribution is 7.94. The SMILES string of the molecule is CC(CCc1ccccc1)NC(=O)CN(c1ccccc1F)S(=O)(=O)c1cccs1. The molecule has 1 amide bonds. The Kier molecular flexibility index (Phi) is 7.23. The van der Waals surface area contributed by atoms with Gasteiger partial charge in [0.25, 0.3) is 10.0 Å². The minimum atomic E-state index is -4.07. The molecule has 5 nitrogen and oxygen atoms in total. The van der Waals surface area contributed by atoms with E-state index in [1.165, 1.54) is 30.3 Å². The Balaban J connectivity index is 1.73.